The van der Waals surface area contributed by atoms with Crippen LogP contribution in [0, 0.1) is 12.7 Å². The third kappa shape index (κ3) is 5.38. The van der Waals surface area contributed by atoms with E-state index in [-0.39, 0.29) is 31.9 Å². The SMILES string of the molecule is CCCS(=O)(=O)Nc1ccc(C(=O)N2CCN(C(=O)c3ncccc3F)CC2)cc1C.[HH]. The van der Waals surface area contributed by atoms with Gasteiger partial charge in [-0.3, -0.25) is 14.3 Å². The maximum atomic E-state index is 13.8. The van der Waals surface area contributed by atoms with Crippen molar-refractivity contribution < 1.29 is 23.8 Å². The Hall–Kier alpha value is -3.01. The van der Waals surface area contributed by atoms with E-state index in [2.05, 4.69) is 9.71 Å². The van der Waals surface area contributed by atoms with Gasteiger partial charge in [-0.1, -0.05) is 6.92 Å². The highest BCUT2D eigenvalue weighted by Crippen LogP contribution is 2.20. The van der Waals surface area contributed by atoms with Gasteiger partial charge < -0.3 is 9.80 Å². The van der Waals surface area contributed by atoms with Crippen molar-refractivity contribution in [3.63, 3.8) is 0 Å². The van der Waals surface area contributed by atoms with Gasteiger partial charge in [0.15, 0.2) is 11.5 Å². The summed E-state index contributed by atoms with van der Waals surface area (Å²) < 4.78 is 40.3. The standard InChI is InChI=1S/C21H25FN4O4S.H2/c1-3-13-31(29,30)24-18-7-6-16(14-15(18)2)20(27)25-9-11-26(12-10-25)21(28)19-17(22)5-4-8-23-19;/h4-8,14,24H,3,9-13H2,1-2H3;1H. The number of benzene rings is 1. The predicted octanol–water partition coefficient (Wildman–Crippen LogP) is 2.53. The fourth-order valence-electron chi connectivity index (χ4n) is 3.39. The molecule has 168 valence electrons. The highest BCUT2D eigenvalue weighted by molar-refractivity contribution is 7.92. The first-order valence-electron chi connectivity index (χ1n) is 10.0. The third-order valence-corrected chi connectivity index (χ3v) is 6.50. The Labute approximate surface area is 182 Å². The molecule has 3 rings (SSSR count). The summed E-state index contributed by atoms with van der Waals surface area (Å²) in [5.41, 5.74) is 1.30. The van der Waals surface area contributed by atoms with Gasteiger partial charge in [0.25, 0.3) is 11.8 Å². The van der Waals surface area contributed by atoms with E-state index >= 15 is 0 Å². The number of carbonyl (C=O) groups excluding carboxylic acids is 2. The van der Waals surface area contributed by atoms with Crippen molar-refractivity contribution >= 4 is 27.5 Å². The van der Waals surface area contributed by atoms with Gasteiger partial charge in [-0.05, 0) is 49.2 Å². The molecule has 1 aliphatic heterocycles. The number of halogens is 1. The van der Waals surface area contributed by atoms with Gasteiger partial charge in [0, 0.05) is 39.4 Å². The lowest BCUT2D eigenvalue weighted by Crippen LogP contribution is -2.50. The fourth-order valence-corrected chi connectivity index (χ4v) is 4.59. The quantitative estimate of drug-likeness (QED) is 0.729. The Morgan fingerprint density at radius 1 is 1.13 bits per heavy atom. The van der Waals surface area contributed by atoms with Gasteiger partial charge in [-0.2, -0.15) is 0 Å². The second kappa shape index (κ2) is 9.42. The van der Waals surface area contributed by atoms with Crippen molar-refractivity contribution in [3.8, 4) is 0 Å². The van der Waals surface area contributed by atoms with Crippen LogP contribution in [0.3, 0.4) is 0 Å². The summed E-state index contributed by atoms with van der Waals surface area (Å²) in [4.78, 5) is 32.2. The van der Waals surface area contributed by atoms with Crippen LogP contribution in [0.2, 0.25) is 0 Å². The van der Waals surface area contributed by atoms with Crippen LogP contribution < -0.4 is 4.72 Å². The number of amides is 2. The smallest absolute Gasteiger partial charge is 0.275 e. The molecule has 0 aliphatic carbocycles. The molecule has 8 nitrogen and oxygen atoms in total. The number of nitrogens with zero attached hydrogens (tertiary/aromatic N) is 3. The number of pyridine rings is 1. The first-order chi connectivity index (χ1) is 14.7. The largest absolute Gasteiger partial charge is 0.335 e. The number of carbonyl (C=O) groups is 2. The zero-order valence-corrected chi connectivity index (χ0v) is 18.3. The molecule has 0 bridgehead atoms. The molecule has 0 unspecified atom stereocenters. The van der Waals surface area contributed by atoms with Crippen LogP contribution in [0.4, 0.5) is 10.1 Å². The van der Waals surface area contributed by atoms with Gasteiger partial charge in [-0.15, -0.1) is 0 Å². The van der Waals surface area contributed by atoms with Crippen LogP contribution in [-0.4, -0.2) is 66.9 Å². The first-order valence-corrected chi connectivity index (χ1v) is 11.7. The van der Waals surface area contributed by atoms with Gasteiger partial charge in [0.1, 0.15) is 0 Å². The van der Waals surface area contributed by atoms with Crippen molar-refractivity contribution in [3.05, 3.63) is 59.2 Å². The molecule has 1 saturated heterocycles. The zero-order valence-electron chi connectivity index (χ0n) is 17.5. The first kappa shape index (κ1) is 22.7. The number of nitrogens with one attached hydrogen (secondary N) is 1. The summed E-state index contributed by atoms with van der Waals surface area (Å²) in [6, 6.07) is 7.42. The lowest BCUT2D eigenvalue weighted by Gasteiger charge is -2.34. The highest BCUT2D eigenvalue weighted by Gasteiger charge is 2.27. The molecule has 1 aromatic carbocycles. The van der Waals surface area contributed by atoms with Crippen LogP contribution >= 0.6 is 0 Å². The lowest BCUT2D eigenvalue weighted by molar-refractivity contribution is 0.0529. The van der Waals surface area contributed by atoms with Crippen LogP contribution in [0.25, 0.3) is 0 Å². The molecule has 2 amide bonds. The number of hydrogen-bond donors (Lipinski definition) is 1. The molecule has 0 atom stereocenters. The molecular weight excluding hydrogens is 423 g/mol. The molecule has 1 fully saturated rings. The fraction of sp³-hybridized carbons (Fsp3) is 0.381. The topological polar surface area (TPSA) is 99.7 Å². The van der Waals surface area contributed by atoms with Crippen LogP contribution in [0.1, 0.15) is 41.2 Å². The van der Waals surface area contributed by atoms with Crippen molar-refractivity contribution in [2.24, 2.45) is 0 Å². The summed E-state index contributed by atoms with van der Waals surface area (Å²) in [6.07, 6.45) is 1.87. The molecule has 31 heavy (non-hydrogen) atoms. The summed E-state index contributed by atoms with van der Waals surface area (Å²) >= 11 is 0. The van der Waals surface area contributed by atoms with E-state index in [9.17, 15) is 22.4 Å². The van der Waals surface area contributed by atoms with Crippen LogP contribution in [0.5, 0.6) is 0 Å². The number of piperazine rings is 1. The average molecular weight is 451 g/mol. The predicted molar refractivity (Wildman–Crippen MR) is 117 cm³/mol. The Bertz CT molecular complexity index is 1090. The Morgan fingerprint density at radius 3 is 2.35 bits per heavy atom. The molecule has 1 aromatic heterocycles. The summed E-state index contributed by atoms with van der Waals surface area (Å²) in [5, 5.41) is 0. The molecule has 0 radical (unpaired) electrons. The number of hydrogen-bond acceptors (Lipinski definition) is 5. The maximum absolute atomic E-state index is 13.8. The Balaban J connectivity index is 0.00000363. The van der Waals surface area contributed by atoms with Crippen LogP contribution in [0.15, 0.2) is 36.5 Å². The Morgan fingerprint density at radius 2 is 1.77 bits per heavy atom. The third-order valence-electron chi connectivity index (χ3n) is 5.03. The average Bonchev–Trinajstić information content (AvgIpc) is 2.74. The van der Waals surface area contributed by atoms with E-state index in [1.54, 1.807) is 36.9 Å². The number of aromatic nitrogens is 1. The van der Waals surface area contributed by atoms with E-state index in [4.69, 9.17) is 0 Å². The van der Waals surface area contributed by atoms with E-state index in [1.807, 2.05) is 0 Å². The number of sulfonamides is 1. The van der Waals surface area contributed by atoms with E-state index in [0.29, 0.717) is 36.3 Å². The van der Waals surface area contributed by atoms with Crippen molar-refractivity contribution in [2.45, 2.75) is 20.3 Å². The molecule has 0 saturated carbocycles. The van der Waals surface area contributed by atoms with Gasteiger partial charge in [0.05, 0.1) is 11.4 Å². The second-order valence-electron chi connectivity index (χ2n) is 7.37. The maximum Gasteiger partial charge on any atom is 0.275 e. The van der Waals surface area contributed by atoms with E-state index < -0.39 is 21.7 Å². The molecule has 2 aromatic rings. The van der Waals surface area contributed by atoms with Gasteiger partial charge >= 0.3 is 0 Å². The molecule has 0 spiro atoms. The van der Waals surface area contributed by atoms with Gasteiger partial charge in [0.2, 0.25) is 10.0 Å². The number of aryl methyl sites for hydroxylation is 1. The van der Waals surface area contributed by atoms with Gasteiger partial charge in [-0.25, -0.2) is 17.8 Å². The monoisotopic (exact) mass is 450 g/mol. The molecular formula is C21H27FN4O4S. The number of anilines is 1. The van der Waals surface area contributed by atoms with Crippen molar-refractivity contribution in [1.29, 1.82) is 0 Å². The number of rotatable bonds is 6. The summed E-state index contributed by atoms with van der Waals surface area (Å²) in [7, 11) is -3.42. The molecule has 1 N–H and O–H groups in total. The van der Waals surface area contributed by atoms with E-state index in [1.165, 1.54) is 23.2 Å². The highest BCUT2D eigenvalue weighted by atomic mass is 32.2. The molecule has 10 heteroatoms. The van der Waals surface area contributed by atoms with Crippen molar-refractivity contribution in [1.82, 2.24) is 14.8 Å². The minimum Gasteiger partial charge on any atom is -0.335 e. The lowest BCUT2D eigenvalue weighted by atomic mass is 10.1. The minimum absolute atomic E-state index is 0. The van der Waals surface area contributed by atoms with Crippen molar-refractivity contribution in [2.75, 3.05) is 36.7 Å². The minimum atomic E-state index is -3.42. The van der Waals surface area contributed by atoms with Crippen LogP contribution in [-0.2, 0) is 10.0 Å². The molecule has 1 aliphatic rings. The second-order valence-corrected chi connectivity index (χ2v) is 9.21. The summed E-state index contributed by atoms with van der Waals surface area (Å²) in [6.45, 7) is 4.68. The molecule has 2 heterocycles. The Kier molecular flexibility index (Phi) is 6.89. The van der Waals surface area contributed by atoms with E-state index in [0.717, 1.165) is 0 Å². The zero-order chi connectivity index (χ0) is 22.6. The summed E-state index contributed by atoms with van der Waals surface area (Å²) in [5.74, 6) is -1.35. The normalized spacial score (nSPS) is 14.4.